The average molecular weight is 281 g/mol. The highest BCUT2D eigenvalue weighted by Crippen LogP contribution is 2.24. The predicted molar refractivity (Wildman–Crippen MR) is 83.0 cm³/mol. The minimum Gasteiger partial charge on any atom is -0.366 e. The molecule has 4 nitrogen and oxygen atoms in total. The Morgan fingerprint density at radius 1 is 1.19 bits per heavy atom. The highest BCUT2D eigenvalue weighted by atomic mass is 16.1. The normalized spacial score (nSPS) is 18.4. The van der Waals surface area contributed by atoms with Crippen LogP contribution in [0.4, 0.5) is 0 Å². The van der Waals surface area contributed by atoms with Crippen LogP contribution >= 0.6 is 0 Å². The molecule has 1 saturated heterocycles. The van der Waals surface area contributed by atoms with E-state index in [1.807, 2.05) is 24.3 Å². The number of aromatic nitrogens is 1. The van der Waals surface area contributed by atoms with Gasteiger partial charge in [-0.3, -0.25) is 9.78 Å². The van der Waals surface area contributed by atoms with E-state index >= 15 is 0 Å². The first-order valence-electron chi connectivity index (χ1n) is 7.32. The molecule has 0 radical (unpaired) electrons. The van der Waals surface area contributed by atoms with E-state index in [4.69, 9.17) is 10.7 Å². The molecular weight excluding hydrogens is 262 g/mol. The van der Waals surface area contributed by atoms with Gasteiger partial charge < -0.3 is 11.1 Å². The number of rotatable bonds is 3. The maximum absolute atomic E-state index is 11.1. The van der Waals surface area contributed by atoms with E-state index in [0.29, 0.717) is 11.5 Å². The zero-order chi connectivity index (χ0) is 14.7. The molecule has 2 aromatic rings. The van der Waals surface area contributed by atoms with Crippen LogP contribution in [0, 0.1) is 0 Å². The van der Waals surface area contributed by atoms with Gasteiger partial charge >= 0.3 is 0 Å². The number of nitrogens with one attached hydrogen (secondary N) is 1. The lowest BCUT2D eigenvalue weighted by molar-refractivity contribution is 0.100. The average Bonchev–Trinajstić information content (AvgIpc) is 2.56. The van der Waals surface area contributed by atoms with Gasteiger partial charge in [0.05, 0.1) is 5.69 Å². The Morgan fingerprint density at radius 3 is 2.67 bits per heavy atom. The molecule has 1 aliphatic heterocycles. The van der Waals surface area contributed by atoms with Gasteiger partial charge in [0.1, 0.15) is 0 Å². The lowest BCUT2D eigenvalue weighted by atomic mass is 9.95. The topological polar surface area (TPSA) is 68.0 Å². The van der Waals surface area contributed by atoms with Crippen molar-refractivity contribution in [2.45, 2.75) is 18.8 Å². The molecule has 0 unspecified atom stereocenters. The Bertz CT molecular complexity index is 631. The number of carbonyl (C=O) groups is 1. The Morgan fingerprint density at radius 2 is 2.00 bits per heavy atom. The van der Waals surface area contributed by atoms with Crippen molar-refractivity contribution in [3.8, 4) is 11.3 Å². The second kappa shape index (κ2) is 6.06. The van der Waals surface area contributed by atoms with E-state index in [1.54, 1.807) is 12.1 Å². The van der Waals surface area contributed by atoms with Gasteiger partial charge in [0, 0.05) is 29.3 Å². The molecule has 1 aliphatic rings. The number of nitrogens with two attached hydrogens (primary N) is 1. The third-order valence-electron chi connectivity index (χ3n) is 3.95. The molecule has 4 heteroatoms. The molecule has 108 valence electrons. The zero-order valence-corrected chi connectivity index (χ0v) is 11.9. The first-order chi connectivity index (χ1) is 10.2. The summed E-state index contributed by atoms with van der Waals surface area (Å²) >= 11 is 0. The van der Waals surface area contributed by atoms with E-state index in [0.717, 1.165) is 30.0 Å². The van der Waals surface area contributed by atoms with Crippen molar-refractivity contribution in [2.75, 3.05) is 13.1 Å². The summed E-state index contributed by atoms with van der Waals surface area (Å²) in [5.41, 5.74) is 8.86. The van der Waals surface area contributed by atoms with Gasteiger partial charge in [-0.1, -0.05) is 18.2 Å². The van der Waals surface area contributed by atoms with E-state index in [2.05, 4.69) is 11.4 Å². The Kier molecular flexibility index (Phi) is 3.97. The predicted octanol–water partition coefficient (Wildman–Crippen LogP) is 2.31. The van der Waals surface area contributed by atoms with Crippen LogP contribution in [0.5, 0.6) is 0 Å². The number of benzene rings is 1. The minimum absolute atomic E-state index is 0.406. The van der Waals surface area contributed by atoms with E-state index < -0.39 is 5.91 Å². The highest BCUT2D eigenvalue weighted by molar-refractivity contribution is 5.93. The lowest BCUT2D eigenvalue weighted by Crippen LogP contribution is -2.28. The zero-order valence-electron chi connectivity index (χ0n) is 11.9. The number of hydrogen-bond acceptors (Lipinski definition) is 3. The van der Waals surface area contributed by atoms with E-state index in [1.165, 1.54) is 12.8 Å². The summed E-state index contributed by atoms with van der Waals surface area (Å²) < 4.78 is 0. The van der Waals surface area contributed by atoms with Crippen LogP contribution in [-0.4, -0.2) is 24.0 Å². The van der Waals surface area contributed by atoms with Crippen LogP contribution in [0.25, 0.3) is 11.3 Å². The lowest BCUT2D eigenvalue weighted by Gasteiger charge is -2.22. The third kappa shape index (κ3) is 3.11. The molecule has 2 heterocycles. The number of carbonyl (C=O) groups excluding carboxylic acids is 1. The molecule has 0 aliphatic carbocycles. The van der Waals surface area contributed by atoms with Crippen molar-refractivity contribution in [3.05, 3.63) is 53.7 Å². The van der Waals surface area contributed by atoms with Crippen molar-refractivity contribution in [3.63, 3.8) is 0 Å². The van der Waals surface area contributed by atoms with E-state index in [-0.39, 0.29) is 0 Å². The molecular formula is C17H19N3O. The van der Waals surface area contributed by atoms with Crippen LogP contribution in [0.3, 0.4) is 0 Å². The van der Waals surface area contributed by atoms with Crippen LogP contribution in [0.1, 0.15) is 34.8 Å². The molecule has 21 heavy (non-hydrogen) atoms. The first-order valence-corrected chi connectivity index (χ1v) is 7.32. The Balaban J connectivity index is 1.86. The maximum Gasteiger partial charge on any atom is 0.248 e. The second-order valence-electron chi connectivity index (χ2n) is 5.43. The number of primary amides is 1. The van der Waals surface area contributed by atoms with Gasteiger partial charge in [0.15, 0.2) is 0 Å². The molecule has 3 N–H and O–H groups in total. The number of hydrogen-bond donors (Lipinski definition) is 2. The fourth-order valence-electron chi connectivity index (χ4n) is 2.75. The van der Waals surface area contributed by atoms with Gasteiger partial charge in [0.2, 0.25) is 5.91 Å². The quantitative estimate of drug-likeness (QED) is 0.907. The Hall–Kier alpha value is -2.20. The van der Waals surface area contributed by atoms with Gasteiger partial charge in [0.25, 0.3) is 0 Å². The molecule has 0 spiro atoms. The molecule has 1 amide bonds. The number of piperidine rings is 1. The highest BCUT2D eigenvalue weighted by Gasteiger charge is 2.16. The number of nitrogens with zero attached hydrogens (tertiary/aromatic N) is 1. The van der Waals surface area contributed by atoms with Crippen molar-refractivity contribution in [1.82, 2.24) is 10.3 Å². The third-order valence-corrected chi connectivity index (χ3v) is 3.95. The fraction of sp³-hybridized carbons (Fsp3) is 0.294. The van der Waals surface area contributed by atoms with E-state index in [9.17, 15) is 4.79 Å². The molecule has 0 saturated carbocycles. The maximum atomic E-state index is 11.1. The summed E-state index contributed by atoms with van der Waals surface area (Å²) in [5.74, 6) is 0.0835. The van der Waals surface area contributed by atoms with Crippen molar-refractivity contribution in [2.24, 2.45) is 5.73 Å². The number of amides is 1. The molecule has 1 aromatic heterocycles. The van der Waals surface area contributed by atoms with Crippen LogP contribution < -0.4 is 11.1 Å². The Labute approximate surface area is 124 Å². The summed E-state index contributed by atoms with van der Waals surface area (Å²) in [6.45, 7) is 2.10. The summed E-state index contributed by atoms with van der Waals surface area (Å²) in [6.07, 6.45) is 2.38. The standard InChI is InChI=1S/C17H19N3O/c18-17(21)13-8-6-12(7-9-13)15-4-1-5-16(20-15)14-3-2-10-19-11-14/h1,4-9,14,19H,2-3,10-11H2,(H2,18,21)/t14-/m0/s1. The van der Waals surface area contributed by atoms with Gasteiger partial charge in [-0.2, -0.15) is 0 Å². The first kappa shape index (κ1) is 13.8. The second-order valence-corrected chi connectivity index (χ2v) is 5.43. The van der Waals surface area contributed by atoms with Crippen molar-refractivity contribution in [1.29, 1.82) is 0 Å². The monoisotopic (exact) mass is 281 g/mol. The van der Waals surface area contributed by atoms with Gasteiger partial charge in [-0.05, 0) is 43.7 Å². The largest absolute Gasteiger partial charge is 0.366 e. The molecule has 1 atom stereocenters. The SMILES string of the molecule is NC(=O)c1ccc(-c2cccc([C@H]3CCCNC3)n2)cc1. The molecule has 1 aromatic carbocycles. The summed E-state index contributed by atoms with van der Waals surface area (Å²) in [6, 6.07) is 13.4. The smallest absolute Gasteiger partial charge is 0.248 e. The molecule has 0 bridgehead atoms. The number of pyridine rings is 1. The van der Waals surface area contributed by atoms with Gasteiger partial charge in [-0.15, -0.1) is 0 Å². The molecule has 1 fully saturated rings. The van der Waals surface area contributed by atoms with Gasteiger partial charge in [-0.25, -0.2) is 0 Å². The van der Waals surface area contributed by atoms with Crippen molar-refractivity contribution >= 4 is 5.91 Å². The van der Waals surface area contributed by atoms with Crippen LogP contribution in [0.15, 0.2) is 42.5 Å². The molecule has 3 rings (SSSR count). The summed E-state index contributed by atoms with van der Waals surface area (Å²) in [7, 11) is 0. The van der Waals surface area contributed by atoms with Crippen LogP contribution in [-0.2, 0) is 0 Å². The fourth-order valence-corrected chi connectivity index (χ4v) is 2.75. The summed E-state index contributed by atoms with van der Waals surface area (Å²) in [4.78, 5) is 15.9. The van der Waals surface area contributed by atoms with Crippen molar-refractivity contribution < 1.29 is 4.79 Å². The summed E-state index contributed by atoms with van der Waals surface area (Å²) in [5, 5.41) is 3.42. The minimum atomic E-state index is -0.406. The van der Waals surface area contributed by atoms with Crippen LogP contribution in [0.2, 0.25) is 0 Å².